The molecule has 0 spiro atoms. The van der Waals surface area contributed by atoms with Crippen LogP contribution in [0, 0.1) is 11.8 Å². The van der Waals surface area contributed by atoms with E-state index in [0.717, 1.165) is 0 Å². The fourth-order valence-electron chi connectivity index (χ4n) is 0.918. The van der Waals surface area contributed by atoms with Crippen LogP contribution >= 0.6 is 0 Å². The molecule has 1 aromatic heterocycles. The molecule has 0 aromatic carbocycles. The molecule has 0 unspecified atom stereocenters. The van der Waals surface area contributed by atoms with E-state index in [1.807, 2.05) is 5.92 Å². The van der Waals surface area contributed by atoms with Gasteiger partial charge in [-0.25, -0.2) is 9.78 Å². The Morgan fingerprint density at radius 1 is 1.67 bits per heavy atom. The number of ether oxygens (including phenoxy) is 1. The van der Waals surface area contributed by atoms with Crippen LogP contribution in [-0.4, -0.2) is 29.5 Å². The molecule has 0 aliphatic heterocycles. The maximum absolute atomic E-state index is 10.6. The highest BCUT2D eigenvalue weighted by atomic mass is 16.5. The number of carbonyl (C=O) groups is 2. The Labute approximate surface area is 85.7 Å². The number of hydrogen-bond acceptors (Lipinski definition) is 4. The molecule has 0 radical (unpaired) electrons. The van der Waals surface area contributed by atoms with E-state index in [4.69, 9.17) is 9.84 Å². The van der Waals surface area contributed by atoms with Gasteiger partial charge in [-0.2, -0.15) is 0 Å². The molecule has 0 amide bonds. The third-order valence-corrected chi connectivity index (χ3v) is 1.51. The highest BCUT2D eigenvalue weighted by Gasteiger charge is 2.03. The zero-order chi connectivity index (χ0) is 11.3. The average Bonchev–Trinajstić information content (AvgIpc) is 2.25. The lowest BCUT2D eigenvalue weighted by Crippen LogP contribution is -1.95. The van der Waals surface area contributed by atoms with Crippen molar-refractivity contribution < 1.29 is 19.4 Å². The van der Waals surface area contributed by atoms with Crippen LogP contribution in [0.4, 0.5) is 0 Å². The van der Waals surface area contributed by atoms with E-state index in [9.17, 15) is 9.59 Å². The molecule has 0 bridgehead atoms. The van der Waals surface area contributed by atoms with Crippen LogP contribution in [-0.2, 0) is 4.79 Å². The Bertz CT molecular complexity index is 456. The maximum Gasteiger partial charge on any atom is 0.382 e. The highest BCUT2D eigenvalue weighted by molar-refractivity contribution is 5.87. The van der Waals surface area contributed by atoms with Gasteiger partial charge in [-0.3, -0.25) is 4.79 Å². The van der Waals surface area contributed by atoms with Crippen LogP contribution in [0.25, 0.3) is 0 Å². The van der Waals surface area contributed by atoms with Crippen molar-refractivity contribution in [2.45, 2.75) is 0 Å². The van der Waals surface area contributed by atoms with Gasteiger partial charge in [0.15, 0.2) is 6.29 Å². The summed E-state index contributed by atoms with van der Waals surface area (Å²) >= 11 is 0. The fraction of sp³-hybridized carbons (Fsp3) is 0.100. The largest absolute Gasteiger partial charge is 0.480 e. The summed E-state index contributed by atoms with van der Waals surface area (Å²) in [7, 11) is 1.39. The second-order valence-corrected chi connectivity index (χ2v) is 2.50. The maximum atomic E-state index is 10.6. The first-order valence-corrected chi connectivity index (χ1v) is 3.91. The molecule has 15 heavy (non-hydrogen) atoms. The standard InChI is InChI=1S/C10H7NO4/c1-15-10-8(6-12)4-7(5-11-10)2-3-9(13)14/h4-6H,1H3,(H,13,14). The van der Waals surface area contributed by atoms with Crippen molar-refractivity contribution in [3.8, 4) is 17.7 Å². The van der Waals surface area contributed by atoms with Crippen LogP contribution in [0.2, 0.25) is 0 Å². The second-order valence-electron chi connectivity index (χ2n) is 2.50. The SMILES string of the molecule is COc1ncc(C#CC(=O)O)cc1C=O. The van der Waals surface area contributed by atoms with Crippen molar-refractivity contribution in [1.82, 2.24) is 4.98 Å². The summed E-state index contributed by atoms with van der Waals surface area (Å²) in [5.74, 6) is 3.21. The van der Waals surface area contributed by atoms with E-state index in [-0.39, 0.29) is 11.4 Å². The molecule has 1 heterocycles. The van der Waals surface area contributed by atoms with E-state index in [1.165, 1.54) is 19.4 Å². The van der Waals surface area contributed by atoms with Crippen molar-refractivity contribution in [2.75, 3.05) is 7.11 Å². The van der Waals surface area contributed by atoms with Gasteiger partial charge in [-0.15, -0.1) is 0 Å². The monoisotopic (exact) mass is 205 g/mol. The van der Waals surface area contributed by atoms with Crippen molar-refractivity contribution in [1.29, 1.82) is 0 Å². The predicted octanol–water partition coefficient (Wildman–Crippen LogP) is 0.339. The topological polar surface area (TPSA) is 76.5 Å². The number of aliphatic carboxylic acids is 1. The van der Waals surface area contributed by atoms with Crippen LogP contribution in [0.5, 0.6) is 5.88 Å². The van der Waals surface area contributed by atoms with Crippen LogP contribution in [0.1, 0.15) is 15.9 Å². The van der Waals surface area contributed by atoms with E-state index < -0.39 is 5.97 Å². The number of aromatic nitrogens is 1. The van der Waals surface area contributed by atoms with E-state index in [2.05, 4.69) is 10.9 Å². The number of carboxylic acid groups (broad SMARTS) is 1. The number of carboxylic acids is 1. The lowest BCUT2D eigenvalue weighted by Gasteiger charge is -2.00. The van der Waals surface area contributed by atoms with Crippen molar-refractivity contribution in [3.05, 3.63) is 23.4 Å². The molecule has 5 heteroatoms. The molecular weight excluding hydrogens is 198 g/mol. The average molecular weight is 205 g/mol. The minimum Gasteiger partial charge on any atom is -0.480 e. The van der Waals surface area contributed by atoms with Gasteiger partial charge in [0.1, 0.15) is 0 Å². The van der Waals surface area contributed by atoms with Gasteiger partial charge in [0.25, 0.3) is 0 Å². The number of aldehydes is 1. The molecule has 0 saturated carbocycles. The van der Waals surface area contributed by atoms with Gasteiger partial charge >= 0.3 is 5.97 Å². The molecule has 76 valence electrons. The van der Waals surface area contributed by atoms with Crippen molar-refractivity contribution >= 4 is 12.3 Å². The lowest BCUT2D eigenvalue weighted by atomic mass is 10.2. The molecule has 5 nitrogen and oxygen atoms in total. The highest BCUT2D eigenvalue weighted by Crippen LogP contribution is 2.13. The summed E-state index contributed by atoms with van der Waals surface area (Å²) in [6, 6.07) is 1.41. The molecule has 1 N–H and O–H groups in total. The van der Waals surface area contributed by atoms with Gasteiger partial charge in [0.2, 0.25) is 5.88 Å². The molecule has 0 saturated heterocycles. The van der Waals surface area contributed by atoms with Gasteiger partial charge in [-0.05, 0) is 6.07 Å². The molecular formula is C10H7NO4. The van der Waals surface area contributed by atoms with Gasteiger partial charge in [0, 0.05) is 17.7 Å². The zero-order valence-electron chi connectivity index (χ0n) is 7.85. The third-order valence-electron chi connectivity index (χ3n) is 1.51. The minimum atomic E-state index is -1.24. The smallest absolute Gasteiger partial charge is 0.382 e. The lowest BCUT2D eigenvalue weighted by molar-refractivity contribution is -0.130. The molecule has 0 aliphatic carbocycles. The molecule has 0 atom stereocenters. The first-order chi connectivity index (χ1) is 7.17. The Balaban J connectivity index is 3.10. The number of rotatable bonds is 2. The fourth-order valence-corrected chi connectivity index (χ4v) is 0.918. The predicted molar refractivity (Wildman–Crippen MR) is 50.7 cm³/mol. The number of pyridine rings is 1. The molecule has 1 rings (SSSR count). The zero-order valence-corrected chi connectivity index (χ0v) is 7.85. The molecule has 1 aromatic rings. The van der Waals surface area contributed by atoms with Gasteiger partial charge < -0.3 is 9.84 Å². The van der Waals surface area contributed by atoms with Crippen molar-refractivity contribution in [2.24, 2.45) is 0 Å². The first-order valence-electron chi connectivity index (χ1n) is 3.91. The molecule has 0 aliphatic rings. The number of nitrogens with zero attached hydrogens (tertiary/aromatic N) is 1. The van der Waals surface area contributed by atoms with Gasteiger partial charge in [0.05, 0.1) is 12.7 Å². The van der Waals surface area contributed by atoms with Crippen LogP contribution in [0.3, 0.4) is 0 Å². The Morgan fingerprint density at radius 3 is 2.93 bits per heavy atom. The number of methoxy groups -OCH3 is 1. The van der Waals surface area contributed by atoms with E-state index in [0.29, 0.717) is 11.8 Å². The normalized spacial score (nSPS) is 8.60. The van der Waals surface area contributed by atoms with Gasteiger partial charge in [-0.1, -0.05) is 5.92 Å². The third kappa shape index (κ3) is 2.81. The quantitative estimate of drug-likeness (QED) is 0.556. The Hall–Kier alpha value is -2.35. The first kappa shape index (κ1) is 10.7. The Morgan fingerprint density at radius 2 is 2.40 bits per heavy atom. The summed E-state index contributed by atoms with van der Waals surface area (Å²) in [5.41, 5.74) is 0.579. The van der Waals surface area contributed by atoms with Crippen LogP contribution in [0.15, 0.2) is 12.3 Å². The summed E-state index contributed by atoms with van der Waals surface area (Å²) in [6.07, 6.45) is 1.90. The molecule has 0 fully saturated rings. The van der Waals surface area contributed by atoms with E-state index in [1.54, 1.807) is 0 Å². The summed E-state index contributed by atoms with van der Waals surface area (Å²) in [6.45, 7) is 0. The summed E-state index contributed by atoms with van der Waals surface area (Å²) in [4.78, 5) is 24.6. The summed E-state index contributed by atoms with van der Waals surface area (Å²) in [5, 5.41) is 8.31. The minimum absolute atomic E-state index is 0.186. The number of hydrogen-bond donors (Lipinski definition) is 1. The number of carbonyl (C=O) groups excluding carboxylic acids is 1. The Kier molecular flexibility index (Phi) is 3.41. The second kappa shape index (κ2) is 4.77. The van der Waals surface area contributed by atoms with Crippen molar-refractivity contribution in [3.63, 3.8) is 0 Å². The van der Waals surface area contributed by atoms with Crippen LogP contribution < -0.4 is 4.74 Å². The van der Waals surface area contributed by atoms with E-state index >= 15 is 0 Å². The summed E-state index contributed by atoms with van der Waals surface area (Å²) < 4.78 is 4.81.